The zero-order valence-corrected chi connectivity index (χ0v) is 15.7. The quantitative estimate of drug-likeness (QED) is 0.574. The minimum absolute atomic E-state index is 0.0381. The summed E-state index contributed by atoms with van der Waals surface area (Å²) >= 11 is 7.30. The van der Waals surface area contributed by atoms with Crippen LogP contribution in [0.3, 0.4) is 0 Å². The van der Waals surface area contributed by atoms with Crippen molar-refractivity contribution in [3.63, 3.8) is 0 Å². The molecule has 1 amide bonds. The van der Waals surface area contributed by atoms with Gasteiger partial charge < -0.3 is 9.84 Å². The van der Waals surface area contributed by atoms with E-state index < -0.39 is 5.82 Å². The Hall–Kier alpha value is -2.31. The Morgan fingerprint density at radius 2 is 2.04 bits per heavy atom. The predicted octanol–water partition coefficient (Wildman–Crippen LogP) is 5.63. The molecule has 134 valence electrons. The summed E-state index contributed by atoms with van der Waals surface area (Å²) in [7, 11) is 0. The number of halogens is 2. The summed E-state index contributed by atoms with van der Waals surface area (Å²) in [6.45, 7) is 3.76. The molecule has 0 fully saturated rings. The molecule has 0 unspecified atom stereocenters. The lowest BCUT2D eigenvalue weighted by atomic mass is 10.2. The van der Waals surface area contributed by atoms with Crippen molar-refractivity contribution in [1.29, 1.82) is 0 Å². The van der Waals surface area contributed by atoms with E-state index in [1.165, 1.54) is 30.0 Å². The fourth-order valence-corrected chi connectivity index (χ4v) is 3.79. The van der Waals surface area contributed by atoms with Crippen molar-refractivity contribution >= 4 is 35.0 Å². The molecule has 26 heavy (non-hydrogen) atoms. The van der Waals surface area contributed by atoms with E-state index >= 15 is 0 Å². The predicted molar refractivity (Wildman–Crippen MR) is 101 cm³/mol. The van der Waals surface area contributed by atoms with Gasteiger partial charge in [-0.05, 0) is 44.2 Å². The summed E-state index contributed by atoms with van der Waals surface area (Å²) < 4.78 is 18.4. The van der Waals surface area contributed by atoms with E-state index in [0.717, 1.165) is 21.9 Å². The number of thioether (sulfide) groups is 1. The van der Waals surface area contributed by atoms with E-state index in [0.29, 0.717) is 17.0 Å². The van der Waals surface area contributed by atoms with Crippen LogP contribution in [0.1, 0.15) is 27.4 Å². The van der Waals surface area contributed by atoms with Crippen molar-refractivity contribution in [2.75, 3.05) is 5.32 Å². The van der Waals surface area contributed by atoms with Crippen LogP contribution in [-0.4, -0.2) is 11.1 Å². The molecule has 2 aromatic carbocycles. The highest BCUT2D eigenvalue weighted by Crippen LogP contribution is 2.29. The standard InChI is InChI=1S/C19H16ClFN2O2S/c1-11-15(12(2)25-23-11)10-26-18-6-4-3-5-14(18)19(24)22-13-7-8-17(21)16(20)9-13/h3-9H,10H2,1-2H3,(H,22,24). The third-order valence-corrected chi connectivity index (χ3v) is 5.25. The number of anilines is 1. The van der Waals surface area contributed by atoms with Gasteiger partial charge in [-0.3, -0.25) is 4.79 Å². The molecule has 3 rings (SSSR count). The number of amides is 1. The van der Waals surface area contributed by atoms with Gasteiger partial charge in [-0.2, -0.15) is 0 Å². The average Bonchev–Trinajstić information content (AvgIpc) is 2.94. The van der Waals surface area contributed by atoms with Gasteiger partial charge in [0.2, 0.25) is 0 Å². The molecule has 0 aliphatic rings. The minimum atomic E-state index is -0.528. The molecule has 0 bridgehead atoms. The van der Waals surface area contributed by atoms with Crippen LogP contribution in [0.25, 0.3) is 0 Å². The lowest BCUT2D eigenvalue weighted by molar-refractivity contribution is 0.102. The van der Waals surface area contributed by atoms with Crippen LogP contribution in [0.2, 0.25) is 5.02 Å². The second-order valence-corrected chi connectivity index (χ2v) is 7.09. The summed E-state index contributed by atoms with van der Waals surface area (Å²) in [6.07, 6.45) is 0. The fourth-order valence-electron chi connectivity index (χ4n) is 2.41. The Balaban J connectivity index is 1.77. The van der Waals surface area contributed by atoms with Gasteiger partial charge >= 0.3 is 0 Å². The van der Waals surface area contributed by atoms with Gasteiger partial charge in [0.1, 0.15) is 11.6 Å². The number of carbonyl (C=O) groups is 1. The first-order valence-electron chi connectivity index (χ1n) is 7.85. The number of nitrogens with one attached hydrogen (secondary N) is 1. The van der Waals surface area contributed by atoms with E-state index in [-0.39, 0.29) is 10.9 Å². The number of aromatic nitrogens is 1. The van der Waals surface area contributed by atoms with E-state index in [1.54, 1.807) is 12.1 Å². The van der Waals surface area contributed by atoms with Gasteiger partial charge in [0.05, 0.1) is 16.3 Å². The SMILES string of the molecule is Cc1noc(C)c1CSc1ccccc1C(=O)Nc1ccc(F)c(Cl)c1. The third-order valence-electron chi connectivity index (χ3n) is 3.86. The van der Waals surface area contributed by atoms with Crippen LogP contribution in [0, 0.1) is 19.7 Å². The first-order valence-corrected chi connectivity index (χ1v) is 9.22. The number of hydrogen-bond donors (Lipinski definition) is 1. The van der Waals surface area contributed by atoms with Crippen molar-refractivity contribution in [3.8, 4) is 0 Å². The Kier molecular flexibility index (Phi) is 5.64. The first kappa shape index (κ1) is 18.5. The minimum Gasteiger partial charge on any atom is -0.361 e. The second kappa shape index (κ2) is 7.93. The third kappa shape index (κ3) is 4.08. The number of benzene rings is 2. The Morgan fingerprint density at radius 1 is 1.27 bits per heavy atom. The zero-order chi connectivity index (χ0) is 18.7. The molecule has 7 heteroatoms. The normalized spacial score (nSPS) is 10.8. The molecular formula is C19H16ClFN2O2S. The molecule has 0 aliphatic heterocycles. The summed E-state index contributed by atoms with van der Waals surface area (Å²) in [6, 6.07) is 11.4. The highest BCUT2D eigenvalue weighted by molar-refractivity contribution is 7.98. The molecule has 0 atom stereocenters. The summed E-state index contributed by atoms with van der Waals surface area (Å²) in [5.41, 5.74) is 2.84. The Morgan fingerprint density at radius 3 is 2.73 bits per heavy atom. The van der Waals surface area contributed by atoms with Crippen molar-refractivity contribution < 1.29 is 13.7 Å². The molecule has 1 heterocycles. The number of hydrogen-bond acceptors (Lipinski definition) is 4. The molecule has 1 aromatic heterocycles. The fraction of sp³-hybridized carbons (Fsp3) is 0.158. The largest absolute Gasteiger partial charge is 0.361 e. The van der Waals surface area contributed by atoms with E-state index in [9.17, 15) is 9.18 Å². The van der Waals surface area contributed by atoms with Crippen molar-refractivity contribution in [3.05, 3.63) is 75.9 Å². The molecule has 1 N–H and O–H groups in total. The van der Waals surface area contributed by atoms with Crippen LogP contribution in [-0.2, 0) is 5.75 Å². The monoisotopic (exact) mass is 390 g/mol. The molecule has 0 radical (unpaired) electrons. The Labute approximate surface area is 159 Å². The maximum absolute atomic E-state index is 13.3. The van der Waals surface area contributed by atoms with Gasteiger partial charge in [-0.1, -0.05) is 28.9 Å². The number of rotatable bonds is 5. The van der Waals surface area contributed by atoms with Crippen molar-refractivity contribution in [2.24, 2.45) is 0 Å². The van der Waals surface area contributed by atoms with Crippen LogP contribution >= 0.6 is 23.4 Å². The second-order valence-electron chi connectivity index (χ2n) is 5.67. The maximum atomic E-state index is 13.3. The number of aryl methyl sites for hydroxylation is 2. The highest BCUT2D eigenvalue weighted by Gasteiger charge is 2.15. The van der Waals surface area contributed by atoms with E-state index in [2.05, 4.69) is 10.5 Å². The molecule has 4 nitrogen and oxygen atoms in total. The summed E-state index contributed by atoms with van der Waals surface area (Å²) in [5, 5.41) is 6.66. The van der Waals surface area contributed by atoms with Crippen molar-refractivity contribution in [2.45, 2.75) is 24.5 Å². The molecule has 0 saturated carbocycles. The molecular weight excluding hydrogens is 375 g/mol. The molecule has 0 saturated heterocycles. The van der Waals surface area contributed by atoms with Crippen molar-refractivity contribution in [1.82, 2.24) is 5.16 Å². The molecule has 0 spiro atoms. The van der Waals surface area contributed by atoms with Gasteiger partial charge in [-0.15, -0.1) is 11.8 Å². The van der Waals surface area contributed by atoms with Crippen LogP contribution in [0.5, 0.6) is 0 Å². The lowest BCUT2D eigenvalue weighted by Crippen LogP contribution is -2.13. The van der Waals surface area contributed by atoms with Crippen LogP contribution in [0.15, 0.2) is 51.9 Å². The Bertz CT molecular complexity index is 939. The topological polar surface area (TPSA) is 55.1 Å². The number of carbonyl (C=O) groups excluding carboxylic acids is 1. The van der Waals surface area contributed by atoms with Gasteiger partial charge in [-0.25, -0.2) is 4.39 Å². The van der Waals surface area contributed by atoms with Crippen LogP contribution in [0.4, 0.5) is 10.1 Å². The zero-order valence-electron chi connectivity index (χ0n) is 14.2. The number of nitrogens with zero attached hydrogens (tertiary/aromatic N) is 1. The van der Waals surface area contributed by atoms with Gasteiger partial charge in [0, 0.05) is 21.9 Å². The summed E-state index contributed by atoms with van der Waals surface area (Å²) in [5.74, 6) is 0.612. The van der Waals surface area contributed by atoms with Gasteiger partial charge in [0.25, 0.3) is 5.91 Å². The van der Waals surface area contributed by atoms with E-state index in [4.69, 9.17) is 16.1 Å². The van der Waals surface area contributed by atoms with E-state index in [1.807, 2.05) is 26.0 Å². The molecule has 3 aromatic rings. The van der Waals surface area contributed by atoms with Gasteiger partial charge in [0.15, 0.2) is 0 Å². The maximum Gasteiger partial charge on any atom is 0.256 e. The smallest absolute Gasteiger partial charge is 0.256 e. The highest BCUT2D eigenvalue weighted by atomic mass is 35.5. The summed E-state index contributed by atoms with van der Waals surface area (Å²) in [4.78, 5) is 13.5. The molecule has 0 aliphatic carbocycles. The van der Waals surface area contributed by atoms with Crippen LogP contribution < -0.4 is 5.32 Å². The average molecular weight is 391 g/mol. The first-order chi connectivity index (χ1) is 12.5. The lowest BCUT2D eigenvalue weighted by Gasteiger charge is -2.10.